The monoisotopic (exact) mass is 410 g/mol. The zero-order valence-electron chi connectivity index (χ0n) is 16.9. The first-order valence-electron chi connectivity index (χ1n) is 10.2. The average molecular weight is 410 g/mol. The largest absolute Gasteiger partial charge is 0.487 e. The third-order valence-electron chi connectivity index (χ3n) is 5.21. The number of benzene rings is 2. The van der Waals surface area contributed by atoms with Gasteiger partial charge in [0.05, 0.1) is 5.69 Å². The Balaban J connectivity index is 1.18. The number of aromatic amines is 1. The number of rotatable bonds is 7. The molecule has 0 bridgehead atoms. The highest BCUT2D eigenvalue weighted by atomic mass is 16.5. The highest BCUT2D eigenvalue weighted by Crippen LogP contribution is 2.21. The number of nitrogens with zero attached hydrogens (tertiary/aromatic N) is 2. The number of aromatic nitrogens is 3. The summed E-state index contributed by atoms with van der Waals surface area (Å²) in [6.45, 7) is 0.361. The number of ether oxygens (including phenoxy) is 1. The van der Waals surface area contributed by atoms with Gasteiger partial charge in [-0.3, -0.25) is 4.79 Å². The lowest BCUT2D eigenvalue weighted by Crippen LogP contribution is -2.12. The van der Waals surface area contributed by atoms with E-state index < -0.39 is 0 Å². The fourth-order valence-corrected chi connectivity index (χ4v) is 3.69. The molecule has 3 aromatic heterocycles. The van der Waals surface area contributed by atoms with Gasteiger partial charge in [-0.05, 0) is 42.3 Å². The Labute approximate surface area is 179 Å². The number of nitrogens with one attached hydrogen (secondary N) is 2. The van der Waals surface area contributed by atoms with Gasteiger partial charge in [-0.15, -0.1) is 0 Å². The third kappa shape index (κ3) is 4.28. The molecule has 0 spiro atoms. The van der Waals surface area contributed by atoms with Crippen LogP contribution in [0.2, 0.25) is 0 Å². The summed E-state index contributed by atoms with van der Waals surface area (Å²) in [5.74, 6) is 0.661. The second-order valence-corrected chi connectivity index (χ2v) is 7.42. The van der Waals surface area contributed by atoms with E-state index in [-0.39, 0.29) is 5.91 Å². The molecule has 31 heavy (non-hydrogen) atoms. The molecule has 6 heteroatoms. The smallest absolute Gasteiger partial charge is 0.224 e. The summed E-state index contributed by atoms with van der Waals surface area (Å²) in [5.41, 5.74) is 4.69. The summed E-state index contributed by atoms with van der Waals surface area (Å²) in [4.78, 5) is 20.2. The van der Waals surface area contributed by atoms with Crippen molar-refractivity contribution in [3.05, 3.63) is 96.6 Å². The van der Waals surface area contributed by atoms with Crippen LogP contribution in [-0.2, 0) is 17.8 Å². The normalized spacial score (nSPS) is 11.1. The maximum Gasteiger partial charge on any atom is 0.224 e. The molecule has 0 aliphatic rings. The van der Waals surface area contributed by atoms with Crippen molar-refractivity contribution in [3.63, 3.8) is 0 Å². The van der Waals surface area contributed by atoms with Crippen LogP contribution in [0.1, 0.15) is 17.7 Å². The Morgan fingerprint density at radius 2 is 1.97 bits per heavy atom. The van der Waals surface area contributed by atoms with Gasteiger partial charge < -0.3 is 19.4 Å². The number of hydrogen-bond acceptors (Lipinski definition) is 3. The van der Waals surface area contributed by atoms with E-state index in [2.05, 4.69) is 21.4 Å². The van der Waals surface area contributed by atoms with Crippen LogP contribution in [0.25, 0.3) is 16.6 Å². The number of anilines is 1. The number of fused-ring (bicyclic) bond motifs is 2. The maximum absolute atomic E-state index is 12.5. The van der Waals surface area contributed by atoms with Crippen molar-refractivity contribution >= 4 is 28.1 Å². The molecule has 2 N–H and O–H groups in total. The summed E-state index contributed by atoms with van der Waals surface area (Å²) in [6, 6.07) is 21.4. The van der Waals surface area contributed by atoms with Gasteiger partial charge in [-0.2, -0.15) is 0 Å². The molecule has 0 fully saturated rings. The van der Waals surface area contributed by atoms with Gasteiger partial charge in [-0.1, -0.05) is 30.3 Å². The quantitative estimate of drug-likeness (QED) is 0.398. The minimum absolute atomic E-state index is 0.0252. The molecule has 154 valence electrons. The van der Waals surface area contributed by atoms with Crippen molar-refractivity contribution < 1.29 is 9.53 Å². The lowest BCUT2D eigenvalue weighted by atomic mass is 10.1. The number of pyridine rings is 1. The summed E-state index contributed by atoms with van der Waals surface area (Å²) in [6.07, 6.45) is 6.98. The Morgan fingerprint density at radius 3 is 2.90 bits per heavy atom. The van der Waals surface area contributed by atoms with E-state index in [4.69, 9.17) is 4.74 Å². The number of H-pyrrole nitrogens is 1. The first-order valence-corrected chi connectivity index (χ1v) is 10.2. The summed E-state index contributed by atoms with van der Waals surface area (Å²) in [5, 5.41) is 4.13. The highest BCUT2D eigenvalue weighted by Gasteiger charge is 2.08. The number of hydrogen-bond donors (Lipinski definition) is 2. The summed E-state index contributed by atoms with van der Waals surface area (Å²) >= 11 is 0. The molecule has 3 heterocycles. The maximum atomic E-state index is 12.5. The van der Waals surface area contributed by atoms with Crippen LogP contribution in [0.5, 0.6) is 5.75 Å². The molecule has 1 amide bonds. The SMILES string of the molecule is O=C(CCc1c[nH]c2ccccc12)Nc1cccc(OCc2cn3ccccc3n2)c1. The molecule has 0 atom stereocenters. The Kier molecular flexibility index (Phi) is 5.10. The van der Waals surface area contributed by atoms with Crippen molar-refractivity contribution in [2.24, 2.45) is 0 Å². The molecule has 0 saturated carbocycles. The number of para-hydroxylation sites is 1. The predicted octanol–water partition coefficient (Wildman–Crippen LogP) is 4.97. The molecule has 2 aromatic carbocycles. The number of imidazole rings is 1. The summed E-state index contributed by atoms with van der Waals surface area (Å²) in [7, 11) is 0. The van der Waals surface area contributed by atoms with Crippen molar-refractivity contribution in [2.45, 2.75) is 19.4 Å². The number of amides is 1. The predicted molar refractivity (Wildman–Crippen MR) is 121 cm³/mol. The van der Waals surface area contributed by atoms with Gasteiger partial charge >= 0.3 is 0 Å². The molecule has 0 aliphatic carbocycles. The van der Waals surface area contributed by atoms with Gasteiger partial charge in [0.15, 0.2) is 0 Å². The fraction of sp³-hybridized carbons (Fsp3) is 0.120. The molecule has 6 nitrogen and oxygen atoms in total. The van der Waals surface area contributed by atoms with Crippen LogP contribution in [0, 0.1) is 0 Å². The first-order chi connectivity index (χ1) is 15.2. The number of carbonyl (C=O) groups is 1. The van der Waals surface area contributed by atoms with Crippen molar-refractivity contribution in [3.8, 4) is 5.75 Å². The lowest BCUT2D eigenvalue weighted by molar-refractivity contribution is -0.116. The Bertz CT molecular complexity index is 1320. The average Bonchev–Trinajstić information content (AvgIpc) is 3.40. The topological polar surface area (TPSA) is 71.4 Å². The van der Waals surface area contributed by atoms with E-state index in [1.165, 1.54) is 0 Å². The standard InChI is InChI=1S/C25H22N4O2/c30-25(12-11-18-15-26-23-9-2-1-8-22(18)23)28-19-6-5-7-21(14-19)31-17-20-16-29-13-4-3-10-24(29)27-20/h1-10,13-16,26H,11-12,17H2,(H,28,30). The van der Waals surface area contributed by atoms with Gasteiger partial charge in [-0.25, -0.2) is 4.98 Å². The second-order valence-electron chi connectivity index (χ2n) is 7.42. The fourth-order valence-electron chi connectivity index (χ4n) is 3.69. The second kappa shape index (κ2) is 8.36. The minimum Gasteiger partial charge on any atom is -0.487 e. The van der Waals surface area contributed by atoms with Crippen LogP contribution in [0.4, 0.5) is 5.69 Å². The molecular weight excluding hydrogens is 388 g/mol. The first kappa shape index (κ1) is 18.9. The van der Waals surface area contributed by atoms with Crippen molar-refractivity contribution in [1.29, 1.82) is 0 Å². The van der Waals surface area contributed by atoms with E-state index in [1.807, 2.05) is 83.7 Å². The van der Waals surface area contributed by atoms with Crippen LogP contribution in [-0.4, -0.2) is 20.3 Å². The summed E-state index contributed by atoms with van der Waals surface area (Å²) < 4.78 is 7.84. The van der Waals surface area contributed by atoms with E-state index in [0.29, 0.717) is 25.2 Å². The lowest BCUT2D eigenvalue weighted by Gasteiger charge is -2.08. The third-order valence-corrected chi connectivity index (χ3v) is 5.21. The van der Waals surface area contributed by atoms with Crippen LogP contribution >= 0.6 is 0 Å². The zero-order valence-corrected chi connectivity index (χ0v) is 16.9. The van der Waals surface area contributed by atoms with E-state index in [1.54, 1.807) is 0 Å². The van der Waals surface area contributed by atoms with Crippen molar-refractivity contribution in [2.75, 3.05) is 5.32 Å². The van der Waals surface area contributed by atoms with Gasteiger partial charge in [0, 0.05) is 47.7 Å². The van der Waals surface area contributed by atoms with Gasteiger partial charge in [0.25, 0.3) is 0 Å². The van der Waals surface area contributed by atoms with Crippen LogP contribution < -0.4 is 10.1 Å². The van der Waals surface area contributed by atoms with Gasteiger partial charge in [0.2, 0.25) is 5.91 Å². The number of carbonyl (C=O) groups excluding carboxylic acids is 1. The van der Waals surface area contributed by atoms with E-state index in [9.17, 15) is 4.79 Å². The minimum atomic E-state index is -0.0252. The van der Waals surface area contributed by atoms with Gasteiger partial charge in [0.1, 0.15) is 18.0 Å². The molecule has 0 unspecified atom stereocenters. The molecule has 5 aromatic rings. The Morgan fingerprint density at radius 1 is 1.06 bits per heavy atom. The number of aryl methyl sites for hydroxylation is 1. The molecular formula is C25H22N4O2. The highest BCUT2D eigenvalue weighted by molar-refractivity contribution is 5.91. The molecule has 0 saturated heterocycles. The van der Waals surface area contributed by atoms with Crippen molar-refractivity contribution in [1.82, 2.24) is 14.4 Å². The van der Waals surface area contributed by atoms with E-state index >= 15 is 0 Å². The van der Waals surface area contributed by atoms with Crippen LogP contribution in [0.15, 0.2) is 85.3 Å². The van der Waals surface area contributed by atoms with E-state index in [0.717, 1.165) is 33.5 Å². The molecule has 0 radical (unpaired) electrons. The molecule has 5 rings (SSSR count). The zero-order chi connectivity index (χ0) is 21.0. The molecule has 0 aliphatic heterocycles. The van der Waals surface area contributed by atoms with Crippen LogP contribution in [0.3, 0.4) is 0 Å². The Hall–Kier alpha value is -4.06.